The first-order valence-electron chi connectivity index (χ1n) is 8.22. The number of para-hydroxylation sites is 3. The van der Waals surface area contributed by atoms with E-state index in [1.54, 1.807) is 25.4 Å². The first-order chi connectivity index (χ1) is 13.0. The number of amides is 2. The molecule has 3 rings (SSSR count). The van der Waals surface area contributed by atoms with Crippen LogP contribution in [0.2, 0.25) is 0 Å². The zero-order valence-electron chi connectivity index (χ0n) is 14.6. The highest BCUT2D eigenvalue weighted by atomic mass is 79.9. The van der Waals surface area contributed by atoms with Crippen molar-refractivity contribution in [2.45, 2.75) is 0 Å². The van der Waals surface area contributed by atoms with Gasteiger partial charge in [-0.05, 0) is 46.3 Å². The van der Waals surface area contributed by atoms with E-state index >= 15 is 0 Å². The molecule has 0 aliphatic carbocycles. The third kappa shape index (κ3) is 4.98. The molecule has 0 radical (unpaired) electrons. The predicted molar refractivity (Wildman–Crippen MR) is 109 cm³/mol. The van der Waals surface area contributed by atoms with Crippen molar-refractivity contribution >= 4 is 50.5 Å². The number of fused-ring (bicyclic) bond motifs is 1. The number of benzene rings is 2. The third-order valence-electron chi connectivity index (χ3n) is 3.77. The Kier molecular flexibility index (Phi) is 5.93. The summed E-state index contributed by atoms with van der Waals surface area (Å²) in [5, 5.41) is 2.76. The van der Waals surface area contributed by atoms with E-state index in [0.29, 0.717) is 11.4 Å². The molecule has 3 aromatic rings. The minimum Gasteiger partial charge on any atom is -0.333 e. The van der Waals surface area contributed by atoms with E-state index in [1.165, 1.54) is 11.0 Å². The molecule has 0 fully saturated rings. The molecule has 0 saturated carbocycles. The second kappa shape index (κ2) is 8.55. The first-order valence-corrected chi connectivity index (χ1v) is 9.01. The number of nitrogens with zero attached hydrogens (tertiary/aromatic N) is 3. The van der Waals surface area contributed by atoms with E-state index in [-0.39, 0.29) is 18.4 Å². The zero-order chi connectivity index (χ0) is 19.2. The van der Waals surface area contributed by atoms with Gasteiger partial charge >= 0.3 is 0 Å². The molecule has 7 heteroatoms. The minimum absolute atomic E-state index is 0.0616. The Morgan fingerprint density at radius 1 is 1.11 bits per heavy atom. The van der Waals surface area contributed by atoms with Gasteiger partial charge in [0, 0.05) is 17.6 Å². The number of carbonyl (C=O) groups excluding carboxylic acids is 2. The van der Waals surface area contributed by atoms with Crippen LogP contribution in [0.4, 0.5) is 5.69 Å². The van der Waals surface area contributed by atoms with Gasteiger partial charge in [-0.2, -0.15) is 0 Å². The Morgan fingerprint density at radius 2 is 1.81 bits per heavy atom. The molecule has 0 unspecified atom stereocenters. The van der Waals surface area contributed by atoms with E-state index in [2.05, 4.69) is 31.2 Å². The van der Waals surface area contributed by atoms with Crippen molar-refractivity contribution in [3.63, 3.8) is 0 Å². The topological polar surface area (TPSA) is 75.2 Å². The molecular formula is C20H17BrN4O2. The smallest absolute Gasteiger partial charge is 0.246 e. The molecule has 2 amide bonds. The minimum atomic E-state index is -0.299. The summed E-state index contributed by atoms with van der Waals surface area (Å²) in [4.78, 5) is 34.4. The first kappa shape index (κ1) is 18.7. The van der Waals surface area contributed by atoms with Crippen LogP contribution in [0.1, 0.15) is 5.69 Å². The molecule has 0 atom stereocenters. The van der Waals surface area contributed by atoms with Crippen LogP contribution in [0.5, 0.6) is 0 Å². The van der Waals surface area contributed by atoms with Crippen molar-refractivity contribution in [2.75, 3.05) is 18.9 Å². The second-order valence-electron chi connectivity index (χ2n) is 5.84. The summed E-state index contributed by atoms with van der Waals surface area (Å²) in [5.41, 5.74) is 2.79. The van der Waals surface area contributed by atoms with E-state index in [0.717, 1.165) is 15.5 Å². The fourth-order valence-corrected chi connectivity index (χ4v) is 2.77. The fourth-order valence-electron chi connectivity index (χ4n) is 2.38. The highest BCUT2D eigenvalue weighted by molar-refractivity contribution is 9.10. The lowest BCUT2D eigenvalue weighted by Crippen LogP contribution is -2.33. The molecule has 0 spiro atoms. The molecule has 0 saturated heterocycles. The van der Waals surface area contributed by atoms with Gasteiger partial charge in [-0.25, -0.2) is 4.98 Å². The number of anilines is 1. The van der Waals surface area contributed by atoms with Crippen LogP contribution in [0.25, 0.3) is 17.1 Å². The van der Waals surface area contributed by atoms with Crippen LogP contribution < -0.4 is 5.32 Å². The van der Waals surface area contributed by atoms with Crippen molar-refractivity contribution in [3.05, 3.63) is 71.0 Å². The summed E-state index contributed by atoms with van der Waals surface area (Å²) in [5.74, 6) is -0.580. The normalized spacial score (nSPS) is 10.9. The molecular weight excluding hydrogens is 408 g/mol. The maximum atomic E-state index is 12.2. The highest BCUT2D eigenvalue weighted by Gasteiger charge is 2.12. The van der Waals surface area contributed by atoms with Crippen molar-refractivity contribution in [2.24, 2.45) is 0 Å². The van der Waals surface area contributed by atoms with Gasteiger partial charge in [0.25, 0.3) is 0 Å². The van der Waals surface area contributed by atoms with Gasteiger partial charge in [0.15, 0.2) is 0 Å². The number of hydrogen-bond acceptors (Lipinski definition) is 4. The fraction of sp³-hybridized carbons (Fsp3) is 0.100. The Balaban J connectivity index is 1.60. The van der Waals surface area contributed by atoms with Crippen molar-refractivity contribution in [1.82, 2.24) is 14.9 Å². The zero-order valence-corrected chi connectivity index (χ0v) is 16.2. The quantitative estimate of drug-likeness (QED) is 0.635. The van der Waals surface area contributed by atoms with Crippen molar-refractivity contribution in [3.8, 4) is 0 Å². The van der Waals surface area contributed by atoms with Crippen molar-refractivity contribution in [1.29, 1.82) is 0 Å². The lowest BCUT2D eigenvalue weighted by atomic mass is 10.3. The van der Waals surface area contributed by atoms with E-state index < -0.39 is 0 Å². The van der Waals surface area contributed by atoms with Gasteiger partial charge in [-0.15, -0.1) is 0 Å². The van der Waals surface area contributed by atoms with Crippen LogP contribution in [0.15, 0.2) is 65.3 Å². The lowest BCUT2D eigenvalue weighted by Gasteiger charge is -2.15. The van der Waals surface area contributed by atoms with Crippen molar-refractivity contribution < 1.29 is 9.59 Å². The van der Waals surface area contributed by atoms with Crippen LogP contribution in [-0.4, -0.2) is 40.3 Å². The predicted octanol–water partition coefficient (Wildman–Crippen LogP) is 3.50. The summed E-state index contributed by atoms with van der Waals surface area (Å²) in [7, 11) is 1.57. The number of aromatic nitrogens is 2. The summed E-state index contributed by atoms with van der Waals surface area (Å²) in [6.45, 7) is -0.0616. The number of nitrogens with one attached hydrogen (secondary N) is 1. The van der Waals surface area contributed by atoms with Crippen LogP contribution in [-0.2, 0) is 9.59 Å². The second-order valence-corrected chi connectivity index (χ2v) is 6.69. The number of carbonyl (C=O) groups is 2. The monoisotopic (exact) mass is 424 g/mol. The van der Waals surface area contributed by atoms with Gasteiger partial charge in [-0.3, -0.25) is 14.6 Å². The number of likely N-dealkylation sites (N-methyl/N-ethyl adjacent to an activating group) is 1. The summed E-state index contributed by atoms with van der Waals surface area (Å²) >= 11 is 3.37. The third-order valence-corrected chi connectivity index (χ3v) is 4.46. The van der Waals surface area contributed by atoms with E-state index in [4.69, 9.17) is 0 Å². The average Bonchev–Trinajstić information content (AvgIpc) is 2.67. The molecule has 27 heavy (non-hydrogen) atoms. The maximum absolute atomic E-state index is 12.2. The molecule has 1 aromatic heterocycles. The standard InChI is InChI=1S/C20H17BrN4O2/c1-25(13-19(26)24-16-7-3-2-6-15(16)21)20(27)11-10-14-12-22-17-8-4-5-9-18(17)23-14/h2-12H,13H2,1H3,(H,24,26)/b11-10+. The molecule has 136 valence electrons. The molecule has 6 nitrogen and oxygen atoms in total. The number of rotatable bonds is 5. The number of hydrogen-bond donors (Lipinski definition) is 1. The highest BCUT2D eigenvalue weighted by Crippen LogP contribution is 2.21. The maximum Gasteiger partial charge on any atom is 0.246 e. The lowest BCUT2D eigenvalue weighted by molar-refractivity contribution is -0.129. The summed E-state index contributed by atoms with van der Waals surface area (Å²) in [6.07, 6.45) is 4.57. The van der Waals surface area contributed by atoms with Gasteiger partial charge in [0.05, 0.1) is 35.2 Å². The molecule has 0 aliphatic rings. The Bertz CT molecular complexity index is 1020. The average molecular weight is 425 g/mol. The van der Waals surface area contributed by atoms with Gasteiger partial charge < -0.3 is 10.2 Å². The van der Waals surface area contributed by atoms with Gasteiger partial charge in [0.2, 0.25) is 11.8 Å². The van der Waals surface area contributed by atoms with Gasteiger partial charge in [-0.1, -0.05) is 24.3 Å². The largest absolute Gasteiger partial charge is 0.333 e. The number of halogens is 1. The molecule has 1 heterocycles. The Labute approximate surface area is 165 Å². The molecule has 2 aromatic carbocycles. The van der Waals surface area contributed by atoms with Crippen LogP contribution in [0.3, 0.4) is 0 Å². The van der Waals surface area contributed by atoms with Crippen LogP contribution >= 0.6 is 15.9 Å². The SMILES string of the molecule is CN(CC(=O)Nc1ccccc1Br)C(=O)/C=C/c1cnc2ccccc2n1. The van der Waals surface area contributed by atoms with Crippen LogP contribution in [0, 0.1) is 0 Å². The van der Waals surface area contributed by atoms with E-state index in [9.17, 15) is 9.59 Å². The molecule has 1 N–H and O–H groups in total. The molecule has 0 aliphatic heterocycles. The summed E-state index contributed by atoms with van der Waals surface area (Å²) in [6, 6.07) is 14.8. The van der Waals surface area contributed by atoms with E-state index in [1.807, 2.05) is 42.5 Å². The molecule has 0 bridgehead atoms. The Hall–Kier alpha value is -3.06. The Morgan fingerprint density at radius 3 is 2.59 bits per heavy atom. The van der Waals surface area contributed by atoms with Gasteiger partial charge in [0.1, 0.15) is 0 Å². The summed E-state index contributed by atoms with van der Waals surface area (Å²) < 4.78 is 0.780.